The average molecular weight is 348 g/mol. The quantitative estimate of drug-likeness (QED) is 0.643. The molecule has 0 amide bonds. The molecule has 26 heavy (non-hydrogen) atoms. The van der Waals surface area contributed by atoms with Gasteiger partial charge in [0.05, 0.1) is 7.11 Å². The summed E-state index contributed by atoms with van der Waals surface area (Å²) in [6.45, 7) is 3.59. The van der Waals surface area contributed by atoms with Gasteiger partial charge in [-0.1, -0.05) is 42.0 Å². The molecule has 2 aromatic carbocycles. The fourth-order valence-corrected chi connectivity index (χ4v) is 2.71. The summed E-state index contributed by atoms with van der Waals surface area (Å²) in [5, 5.41) is 6.62. The molecule has 0 radical (unpaired) electrons. The second-order valence-electron chi connectivity index (χ2n) is 6.14. The topological polar surface area (TPSA) is 59.1 Å². The Morgan fingerprint density at radius 2 is 1.81 bits per heavy atom. The van der Waals surface area contributed by atoms with Gasteiger partial charge in [0.2, 0.25) is 5.95 Å². The molecule has 3 rings (SSSR count). The number of aryl methyl sites for hydroxylation is 1. The van der Waals surface area contributed by atoms with Crippen molar-refractivity contribution in [3.8, 4) is 5.75 Å². The summed E-state index contributed by atoms with van der Waals surface area (Å²) in [6.07, 6.45) is 2.66. The van der Waals surface area contributed by atoms with Crippen LogP contribution in [0, 0.1) is 6.92 Å². The van der Waals surface area contributed by atoms with Crippen molar-refractivity contribution in [2.75, 3.05) is 24.3 Å². The number of aromatic nitrogens is 2. The smallest absolute Gasteiger partial charge is 0.224 e. The van der Waals surface area contributed by atoms with Gasteiger partial charge < -0.3 is 15.4 Å². The molecule has 2 N–H and O–H groups in total. The fraction of sp³-hybridized carbons (Fsp3) is 0.238. The number of benzene rings is 2. The van der Waals surface area contributed by atoms with Gasteiger partial charge in [-0.3, -0.25) is 0 Å². The van der Waals surface area contributed by atoms with Crippen molar-refractivity contribution in [3.63, 3.8) is 0 Å². The second-order valence-corrected chi connectivity index (χ2v) is 6.14. The first kappa shape index (κ1) is 17.7. The molecule has 0 fully saturated rings. The number of methoxy groups -OCH3 is 1. The van der Waals surface area contributed by atoms with Crippen LogP contribution in [0.4, 0.5) is 11.8 Å². The van der Waals surface area contributed by atoms with Gasteiger partial charge in [0.1, 0.15) is 11.6 Å². The number of hydrogen-bond donors (Lipinski definition) is 2. The van der Waals surface area contributed by atoms with E-state index in [1.807, 2.05) is 18.2 Å². The van der Waals surface area contributed by atoms with Gasteiger partial charge in [-0.05, 0) is 42.7 Å². The number of nitrogens with one attached hydrogen (secondary N) is 2. The summed E-state index contributed by atoms with van der Waals surface area (Å²) in [5.74, 6) is 2.32. The predicted octanol–water partition coefficient (Wildman–Crippen LogP) is 4.06. The van der Waals surface area contributed by atoms with Crippen LogP contribution < -0.4 is 15.4 Å². The lowest BCUT2D eigenvalue weighted by Crippen LogP contribution is -2.09. The fourth-order valence-electron chi connectivity index (χ4n) is 2.71. The first-order valence-electron chi connectivity index (χ1n) is 8.72. The lowest BCUT2D eigenvalue weighted by Gasteiger charge is -2.09. The van der Waals surface area contributed by atoms with Crippen molar-refractivity contribution in [3.05, 3.63) is 77.5 Å². The normalized spacial score (nSPS) is 10.4. The van der Waals surface area contributed by atoms with E-state index in [0.29, 0.717) is 12.5 Å². The minimum absolute atomic E-state index is 0.623. The molecule has 1 heterocycles. The highest BCUT2D eigenvalue weighted by molar-refractivity contribution is 5.40. The Bertz CT molecular complexity index is 851. The van der Waals surface area contributed by atoms with Crippen molar-refractivity contribution < 1.29 is 4.74 Å². The monoisotopic (exact) mass is 348 g/mol. The third kappa shape index (κ3) is 5.21. The molecular formula is C21H24N4O. The molecule has 0 aliphatic heterocycles. The molecule has 5 nitrogen and oxygen atoms in total. The van der Waals surface area contributed by atoms with Gasteiger partial charge in [-0.25, -0.2) is 4.98 Å². The van der Waals surface area contributed by atoms with E-state index in [2.05, 4.69) is 63.9 Å². The molecule has 3 aromatic rings. The minimum atomic E-state index is 0.623. The maximum absolute atomic E-state index is 5.26. The zero-order valence-electron chi connectivity index (χ0n) is 15.2. The molecule has 1 aromatic heterocycles. The van der Waals surface area contributed by atoms with Gasteiger partial charge in [0, 0.05) is 19.3 Å². The Morgan fingerprint density at radius 3 is 2.65 bits per heavy atom. The highest BCUT2D eigenvalue weighted by Crippen LogP contribution is 2.13. The van der Waals surface area contributed by atoms with E-state index in [1.165, 1.54) is 16.7 Å². The number of rotatable bonds is 8. The van der Waals surface area contributed by atoms with Crippen molar-refractivity contribution in [2.45, 2.75) is 19.9 Å². The number of hydrogen-bond acceptors (Lipinski definition) is 5. The van der Waals surface area contributed by atoms with Crippen molar-refractivity contribution in [1.82, 2.24) is 9.97 Å². The highest BCUT2D eigenvalue weighted by Gasteiger charge is 2.01. The summed E-state index contributed by atoms with van der Waals surface area (Å²) in [4.78, 5) is 8.80. The summed E-state index contributed by atoms with van der Waals surface area (Å²) in [6, 6.07) is 18.4. The Balaban J connectivity index is 1.52. The molecule has 0 aliphatic carbocycles. The zero-order chi connectivity index (χ0) is 18.2. The first-order chi connectivity index (χ1) is 12.7. The highest BCUT2D eigenvalue weighted by atomic mass is 16.5. The molecule has 0 atom stereocenters. The Hall–Kier alpha value is -3.08. The molecular weight excluding hydrogens is 324 g/mol. The van der Waals surface area contributed by atoms with Crippen molar-refractivity contribution in [2.24, 2.45) is 0 Å². The standard InChI is InChI=1S/C21H24N4O/c1-16-5-3-7-18(13-16)15-24-21-23-12-10-20(25-21)22-11-9-17-6-4-8-19(14-17)26-2/h3-8,10,12-14H,9,11,15H2,1-2H3,(H2,22,23,24,25). The molecule has 5 heteroatoms. The van der Waals surface area contributed by atoms with E-state index < -0.39 is 0 Å². The molecule has 0 saturated heterocycles. The largest absolute Gasteiger partial charge is 0.497 e. The third-order valence-corrected chi connectivity index (χ3v) is 4.04. The van der Waals surface area contributed by atoms with E-state index in [-0.39, 0.29) is 0 Å². The van der Waals surface area contributed by atoms with Gasteiger partial charge in [0.25, 0.3) is 0 Å². The minimum Gasteiger partial charge on any atom is -0.497 e. The Labute approximate surface area is 154 Å². The second kappa shape index (κ2) is 8.85. The van der Waals surface area contributed by atoms with Gasteiger partial charge in [-0.15, -0.1) is 0 Å². The molecule has 0 bridgehead atoms. The average Bonchev–Trinajstić information content (AvgIpc) is 2.67. The molecule has 0 saturated carbocycles. The van der Waals surface area contributed by atoms with Crippen LogP contribution in [0.25, 0.3) is 0 Å². The van der Waals surface area contributed by atoms with Crippen molar-refractivity contribution in [1.29, 1.82) is 0 Å². The van der Waals surface area contributed by atoms with Crippen LogP contribution in [0.2, 0.25) is 0 Å². The van der Waals surface area contributed by atoms with Gasteiger partial charge in [0.15, 0.2) is 0 Å². The number of ether oxygens (including phenoxy) is 1. The van der Waals surface area contributed by atoms with E-state index in [9.17, 15) is 0 Å². The molecule has 134 valence electrons. The summed E-state index contributed by atoms with van der Waals surface area (Å²) >= 11 is 0. The van der Waals surface area contributed by atoms with Gasteiger partial charge in [-0.2, -0.15) is 4.98 Å². The number of anilines is 2. The first-order valence-corrected chi connectivity index (χ1v) is 8.72. The summed E-state index contributed by atoms with van der Waals surface area (Å²) in [5.41, 5.74) is 3.69. The Morgan fingerprint density at radius 1 is 0.962 bits per heavy atom. The molecule has 0 unspecified atom stereocenters. The maximum atomic E-state index is 5.26. The lowest BCUT2D eigenvalue weighted by atomic mass is 10.1. The maximum Gasteiger partial charge on any atom is 0.224 e. The number of nitrogens with zero attached hydrogens (tertiary/aromatic N) is 2. The summed E-state index contributed by atoms with van der Waals surface area (Å²) < 4.78 is 5.26. The predicted molar refractivity (Wildman–Crippen MR) is 106 cm³/mol. The van der Waals surface area contributed by atoms with E-state index >= 15 is 0 Å². The van der Waals surface area contributed by atoms with Crippen LogP contribution in [0.1, 0.15) is 16.7 Å². The van der Waals surface area contributed by atoms with Crippen molar-refractivity contribution >= 4 is 11.8 Å². The lowest BCUT2D eigenvalue weighted by molar-refractivity contribution is 0.414. The Kier molecular flexibility index (Phi) is 6.04. The molecule has 0 spiro atoms. The van der Waals surface area contributed by atoms with E-state index in [4.69, 9.17) is 4.74 Å². The van der Waals surface area contributed by atoms with Crippen LogP contribution in [0.5, 0.6) is 5.75 Å². The van der Waals surface area contributed by atoms with Crippen LogP contribution in [0.15, 0.2) is 60.8 Å². The van der Waals surface area contributed by atoms with Crippen LogP contribution in [0.3, 0.4) is 0 Å². The van der Waals surface area contributed by atoms with Gasteiger partial charge >= 0.3 is 0 Å². The van der Waals surface area contributed by atoms with Crippen LogP contribution in [-0.2, 0) is 13.0 Å². The third-order valence-electron chi connectivity index (χ3n) is 4.04. The SMILES string of the molecule is COc1cccc(CCNc2ccnc(NCc3cccc(C)c3)n2)c1. The van der Waals surface area contributed by atoms with E-state index in [1.54, 1.807) is 13.3 Å². The van der Waals surface area contributed by atoms with Crippen LogP contribution >= 0.6 is 0 Å². The van der Waals surface area contributed by atoms with E-state index in [0.717, 1.165) is 24.5 Å². The van der Waals surface area contributed by atoms with Crippen LogP contribution in [-0.4, -0.2) is 23.6 Å². The zero-order valence-corrected chi connectivity index (χ0v) is 15.2. The summed E-state index contributed by atoms with van der Waals surface area (Å²) in [7, 11) is 1.68. The molecule has 0 aliphatic rings.